The molecular formula is C16H17ClN2O2. The Labute approximate surface area is 129 Å². The number of halogens is 1. The van der Waals surface area contributed by atoms with Gasteiger partial charge >= 0.3 is 0 Å². The second-order valence-corrected chi connectivity index (χ2v) is 6.10. The van der Waals surface area contributed by atoms with Crippen LogP contribution in [0.25, 0.3) is 11.3 Å². The van der Waals surface area contributed by atoms with E-state index in [1.807, 2.05) is 12.1 Å². The summed E-state index contributed by atoms with van der Waals surface area (Å²) in [4.78, 5) is 8.46. The zero-order valence-corrected chi connectivity index (χ0v) is 13.1. The van der Waals surface area contributed by atoms with Crippen LogP contribution in [0.1, 0.15) is 25.8 Å². The van der Waals surface area contributed by atoms with Gasteiger partial charge in [-0.25, -0.2) is 4.98 Å². The van der Waals surface area contributed by atoms with E-state index in [0.717, 1.165) is 41.2 Å². The molecule has 0 bridgehead atoms. The molecule has 2 aromatic rings. The standard InChI is InChI=1S/C16H17ClN2O2/c1-16(2)7-6-11-10(12-8-18-9-14(17)19-12)4-5-13(20-3)15(11)21-16/h4-5,8-9H,6-7H2,1-3H3. The van der Waals surface area contributed by atoms with Crippen molar-refractivity contribution >= 4 is 11.6 Å². The predicted octanol–water partition coefficient (Wildman–Crippen LogP) is 3.91. The van der Waals surface area contributed by atoms with Gasteiger partial charge in [0.2, 0.25) is 0 Å². The van der Waals surface area contributed by atoms with E-state index < -0.39 is 0 Å². The lowest BCUT2D eigenvalue weighted by atomic mass is 9.90. The van der Waals surface area contributed by atoms with Crippen LogP contribution in [0.4, 0.5) is 0 Å². The molecule has 1 aliphatic rings. The van der Waals surface area contributed by atoms with Crippen LogP contribution >= 0.6 is 11.6 Å². The highest BCUT2D eigenvalue weighted by molar-refractivity contribution is 6.29. The molecule has 21 heavy (non-hydrogen) atoms. The van der Waals surface area contributed by atoms with Crippen LogP contribution in [0.2, 0.25) is 5.15 Å². The zero-order chi connectivity index (χ0) is 15.0. The molecule has 3 rings (SSSR count). The lowest BCUT2D eigenvalue weighted by Crippen LogP contribution is -2.33. The Morgan fingerprint density at radius 1 is 1.29 bits per heavy atom. The van der Waals surface area contributed by atoms with Gasteiger partial charge in [-0.2, -0.15) is 0 Å². The van der Waals surface area contributed by atoms with Gasteiger partial charge in [-0.15, -0.1) is 0 Å². The van der Waals surface area contributed by atoms with Gasteiger partial charge in [0.05, 0.1) is 25.2 Å². The Kier molecular flexibility index (Phi) is 3.49. The topological polar surface area (TPSA) is 44.2 Å². The average Bonchev–Trinajstić information content (AvgIpc) is 2.45. The number of hydrogen-bond acceptors (Lipinski definition) is 4. The molecule has 1 aromatic heterocycles. The van der Waals surface area contributed by atoms with Crippen molar-refractivity contribution in [2.75, 3.05) is 7.11 Å². The van der Waals surface area contributed by atoms with E-state index in [9.17, 15) is 0 Å². The van der Waals surface area contributed by atoms with Crippen LogP contribution in [0.15, 0.2) is 24.5 Å². The van der Waals surface area contributed by atoms with E-state index >= 15 is 0 Å². The Bertz CT molecular complexity index is 686. The first kappa shape index (κ1) is 14.1. The molecule has 110 valence electrons. The number of benzene rings is 1. The minimum absolute atomic E-state index is 0.196. The van der Waals surface area contributed by atoms with Crippen molar-refractivity contribution in [1.29, 1.82) is 0 Å². The number of fused-ring (bicyclic) bond motifs is 1. The number of rotatable bonds is 2. The molecule has 0 radical (unpaired) electrons. The molecule has 2 heterocycles. The largest absolute Gasteiger partial charge is 0.493 e. The summed E-state index contributed by atoms with van der Waals surface area (Å²) in [7, 11) is 1.65. The molecule has 5 heteroatoms. The fourth-order valence-electron chi connectivity index (χ4n) is 2.59. The first-order chi connectivity index (χ1) is 10.00. The van der Waals surface area contributed by atoms with Crippen molar-refractivity contribution in [3.05, 3.63) is 35.2 Å². The summed E-state index contributed by atoms with van der Waals surface area (Å²) in [5, 5.41) is 0.383. The SMILES string of the molecule is COc1ccc(-c2cncc(Cl)n2)c2c1OC(C)(C)CC2. The van der Waals surface area contributed by atoms with Crippen molar-refractivity contribution in [1.82, 2.24) is 9.97 Å². The lowest BCUT2D eigenvalue weighted by Gasteiger charge is -2.34. The van der Waals surface area contributed by atoms with Crippen LogP contribution < -0.4 is 9.47 Å². The zero-order valence-electron chi connectivity index (χ0n) is 12.3. The molecule has 0 unspecified atom stereocenters. The molecule has 0 fully saturated rings. The Morgan fingerprint density at radius 3 is 2.81 bits per heavy atom. The van der Waals surface area contributed by atoms with E-state index in [0.29, 0.717) is 5.15 Å². The van der Waals surface area contributed by atoms with Gasteiger partial charge in [0.15, 0.2) is 11.5 Å². The molecule has 0 saturated heterocycles. The summed E-state index contributed by atoms with van der Waals surface area (Å²) in [5.41, 5.74) is 2.66. The molecule has 1 aliphatic heterocycles. The van der Waals surface area contributed by atoms with Crippen LogP contribution in [0.3, 0.4) is 0 Å². The first-order valence-electron chi connectivity index (χ1n) is 6.87. The van der Waals surface area contributed by atoms with Gasteiger partial charge in [0.1, 0.15) is 10.8 Å². The molecule has 4 nitrogen and oxygen atoms in total. The average molecular weight is 305 g/mol. The molecule has 0 atom stereocenters. The van der Waals surface area contributed by atoms with Gasteiger partial charge < -0.3 is 9.47 Å². The van der Waals surface area contributed by atoms with E-state index in [1.54, 1.807) is 13.3 Å². The number of hydrogen-bond donors (Lipinski definition) is 0. The van der Waals surface area contributed by atoms with Crippen molar-refractivity contribution in [2.45, 2.75) is 32.3 Å². The maximum Gasteiger partial charge on any atom is 0.165 e. The second-order valence-electron chi connectivity index (χ2n) is 5.71. The third-order valence-corrected chi connectivity index (χ3v) is 3.86. The normalized spacial score (nSPS) is 16.0. The number of ether oxygens (including phenoxy) is 2. The van der Waals surface area contributed by atoms with Gasteiger partial charge in [-0.3, -0.25) is 4.98 Å². The quantitative estimate of drug-likeness (QED) is 0.844. The van der Waals surface area contributed by atoms with Crippen molar-refractivity contribution in [2.24, 2.45) is 0 Å². The summed E-state index contributed by atoms with van der Waals surface area (Å²) in [5.74, 6) is 1.55. The Hall–Kier alpha value is -1.81. The van der Waals surface area contributed by atoms with E-state index in [4.69, 9.17) is 21.1 Å². The number of aromatic nitrogens is 2. The van der Waals surface area contributed by atoms with E-state index in [1.165, 1.54) is 6.20 Å². The van der Waals surface area contributed by atoms with Crippen molar-refractivity contribution < 1.29 is 9.47 Å². The summed E-state index contributed by atoms with van der Waals surface area (Å²) >= 11 is 5.95. The lowest BCUT2D eigenvalue weighted by molar-refractivity contribution is 0.0806. The Balaban J connectivity index is 2.16. The van der Waals surface area contributed by atoms with Gasteiger partial charge in [-0.05, 0) is 38.8 Å². The highest BCUT2D eigenvalue weighted by Gasteiger charge is 2.31. The third kappa shape index (κ3) is 2.68. The molecule has 0 saturated carbocycles. The van der Waals surface area contributed by atoms with Crippen molar-refractivity contribution in [3.8, 4) is 22.8 Å². The van der Waals surface area contributed by atoms with Crippen LogP contribution in [0, 0.1) is 0 Å². The fraction of sp³-hybridized carbons (Fsp3) is 0.375. The highest BCUT2D eigenvalue weighted by Crippen LogP contribution is 2.44. The molecule has 1 aromatic carbocycles. The summed E-state index contributed by atoms with van der Waals surface area (Å²) in [6, 6.07) is 3.89. The predicted molar refractivity (Wildman–Crippen MR) is 82.1 cm³/mol. The van der Waals surface area contributed by atoms with Crippen LogP contribution in [-0.2, 0) is 6.42 Å². The minimum atomic E-state index is -0.196. The van der Waals surface area contributed by atoms with Gasteiger partial charge in [0, 0.05) is 11.1 Å². The van der Waals surface area contributed by atoms with Crippen LogP contribution in [-0.4, -0.2) is 22.7 Å². The molecule has 0 aliphatic carbocycles. The maximum absolute atomic E-state index is 6.13. The van der Waals surface area contributed by atoms with E-state index in [2.05, 4.69) is 23.8 Å². The summed E-state index contributed by atoms with van der Waals surface area (Å²) in [6.07, 6.45) is 5.09. The second kappa shape index (κ2) is 5.19. The summed E-state index contributed by atoms with van der Waals surface area (Å²) in [6.45, 7) is 4.17. The highest BCUT2D eigenvalue weighted by atomic mass is 35.5. The van der Waals surface area contributed by atoms with E-state index in [-0.39, 0.29) is 5.60 Å². The Morgan fingerprint density at radius 2 is 2.10 bits per heavy atom. The van der Waals surface area contributed by atoms with Gasteiger partial charge in [-0.1, -0.05) is 11.6 Å². The molecule has 0 amide bonds. The molecule has 0 spiro atoms. The number of methoxy groups -OCH3 is 1. The fourth-order valence-corrected chi connectivity index (χ4v) is 2.74. The minimum Gasteiger partial charge on any atom is -0.493 e. The smallest absolute Gasteiger partial charge is 0.165 e. The summed E-state index contributed by atoms with van der Waals surface area (Å²) < 4.78 is 11.6. The number of nitrogens with zero attached hydrogens (tertiary/aromatic N) is 2. The third-order valence-electron chi connectivity index (χ3n) is 3.68. The maximum atomic E-state index is 6.13. The molecular weight excluding hydrogens is 288 g/mol. The van der Waals surface area contributed by atoms with Crippen molar-refractivity contribution in [3.63, 3.8) is 0 Å². The van der Waals surface area contributed by atoms with Crippen LogP contribution in [0.5, 0.6) is 11.5 Å². The monoisotopic (exact) mass is 304 g/mol. The first-order valence-corrected chi connectivity index (χ1v) is 7.25. The molecule has 0 N–H and O–H groups in total. The van der Waals surface area contributed by atoms with Gasteiger partial charge in [0.25, 0.3) is 0 Å².